The van der Waals surface area contributed by atoms with Crippen LogP contribution in [0.15, 0.2) is 35.8 Å². The van der Waals surface area contributed by atoms with Crippen LogP contribution in [0, 0.1) is 0 Å². The van der Waals surface area contributed by atoms with Crippen LogP contribution in [0.2, 0.25) is 0 Å². The topological polar surface area (TPSA) is 56.0 Å². The van der Waals surface area contributed by atoms with E-state index in [9.17, 15) is 4.79 Å². The molecule has 16 heavy (non-hydrogen) atoms. The lowest BCUT2D eigenvalue weighted by Gasteiger charge is -2.11. The third kappa shape index (κ3) is 1.97. The molecule has 0 saturated carbocycles. The van der Waals surface area contributed by atoms with Gasteiger partial charge in [-0.25, -0.2) is 0 Å². The van der Waals surface area contributed by atoms with E-state index in [4.69, 9.17) is 5.73 Å². The van der Waals surface area contributed by atoms with Gasteiger partial charge >= 0.3 is 0 Å². The van der Waals surface area contributed by atoms with Crippen LogP contribution < -0.4 is 5.73 Å². The number of nitrogens with zero attached hydrogens (tertiary/aromatic N) is 1. The van der Waals surface area contributed by atoms with Crippen LogP contribution in [-0.2, 0) is 0 Å². The van der Waals surface area contributed by atoms with Crippen LogP contribution in [0.25, 0.3) is 0 Å². The number of hydrogen-bond donors (Lipinski definition) is 1. The minimum absolute atomic E-state index is 0.101. The van der Waals surface area contributed by atoms with Crippen molar-refractivity contribution < 1.29 is 4.79 Å². The molecule has 2 aromatic heterocycles. The number of carbonyl (C=O) groups is 1. The molecule has 3 nitrogen and oxygen atoms in total. The van der Waals surface area contributed by atoms with E-state index >= 15 is 0 Å². The molecule has 0 aliphatic rings. The summed E-state index contributed by atoms with van der Waals surface area (Å²) < 4.78 is 0. The standard InChI is InChI=1S/C12H12N2OS/c1-8(10-5-3-7-16-10)11-9(12(13)15)4-2-6-14-11/h2-8H,1H3,(H2,13,15). The minimum Gasteiger partial charge on any atom is -0.366 e. The Kier molecular flexibility index (Phi) is 3.01. The van der Waals surface area contributed by atoms with Crippen molar-refractivity contribution in [1.29, 1.82) is 0 Å². The Morgan fingerprint density at radius 1 is 1.44 bits per heavy atom. The number of amides is 1. The molecule has 2 N–H and O–H groups in total. The summed E-state index contributed by atoms with van der Waals surface area (Å²) in [6.45, 7) is 2.03. The van der Waals surface area contributed by atoms with E-state index in [2.05, 4.69) is 4.98 Å². The van der Waals surface area contributed by atoms with Crippen molar-refractivity contribution in [2.45, 2.75) is 12.8 Å². The Morgan fingerprint density at radius 3 is 2.88 bits per heavy atom. The molecule has 0 aromatic carbocycles. The minimum atomic E-state index is -0.425. The van der Waals surface area contributed by atoms with Gasteiger partial charge < -0.3 is 5.73 Å². The van der Waals surface area contributed by atoms with E-state index in [1.54, 1.807) is 29.7 Å². The largest absolute Gasteiger partial charge is 0.366 e. The number of nitrogens with two attached hydrogens (primary N) is 1. The summed E-state index contributed by atoms with van der Waals surface area (Å²) in [6.07, 6.45) is 1.69. The monoisotopic (exact) mass is 232 g/mol. The number of rotatable bonds is 3. The fourth-order valence-electron chi connectivity index (χ4n) is 1.64. The normalized spacial score (nSPS) is 12.3. The summed E-state index contributed by atoms with van der Waals surface area (Å²) >= 11 is 1.65. The summed E-state index contributed by atoms with van der Waals surface area (Å²) in [5.74, 6) is -0.324. The van der Waals surface area contributed by atoms with Crippen molar-refractivity contribution in [3.8, 4) is 0 Å². The van der Waals surface area contributed by atoms with E-state index in [0.29, 0.717) is 5.56 Å². The van der Waals surface area contributed by atoms with Gasteiger partial charge in [0.2, 0.25) is 0 Å². The maximum absolute atomic E-state index is 11.3. The fraction of sp³-hybridized carbons (Fsp3) is 0.167. The highest BCUT2D eigenvalue weighted by Crippen LogP contribution is 2.28. The molecule has 0 saturated heterocycles. The highest BCUT2D eigenvalue weighted by molar-refractivity contribution is 7.10. The van der Waals surface area contributed by atoms with Crippen molar-refractivity contribution in [2.24, 2.45) is 5.73 Å². The van der Waals surface area contributed by atoms with Gasteiger partial charge in [0.1, 0.15) is 0 Å². The Bertz CT molecular complexity index is 493. The Hall–Kier alpha value is -1.68. The van der Waals surface area contributed by atoms with E-state index in [1.807, 2.05) is 24.4 Å². The van der Waals surface area contributed by atoms with Crippen LogP contribution in [0.5, 0.6) is 0 Å². The first kappa shape index (κ1) is 10.8. The molecule has 1 amide bonds. The summed E-state index contributed by atoms with van der Waals surface area (Å²) in [6, 6.07) is 7.47. The maximum atomic E-state index is 11.3. The zero-order valence-corrected chi connectivity index (χ0v) is 9.70. The van der Waals surface area contributed by atoms with Crippen LogP contribution in [0.1, 0.15) is 33.8 Å². The van der Waals surface area contributed by atoms with Gasteiger partial charge in [-0.3, -0.25) is 9.78 Å². The van der Waals surface area contributed by atoms with Gasteiger partial charge in [-0.2, -0.15) is 0 Å². The molecule has 0 aliphatic carbocycles. The number of carbonyl (C=O) groups excluding carboxylic acids is 1. The Labute approximate surface area is 97.9 Å². The molecule has 2 aromatic rings. The maximum Gasteiger partial charge on any atom is 0.250 e. The van der Waals surface area contributed by atoms with Crippen molar-refractivity contribution in [2.75, 3.05) is 0 Å². The van der Waals surface area contributed by atoms with Crippen molar-refractivity contribution >= 4 is 17.2 Å². The van der Waals surface area contributed by atoms with Crippen molar-refractivity contribution in [3.05, 3.63) is 52.0 Å². The van der Waals surface area contributed by atoms with Gasteiger partial charge in [0.15, 0.2) is 0 Å². The highest BCUT2D eigenvalue weighted by Gasteiger charge is 2.17. The van der Waals surface area contributed by atoms with Crippen LogP contribution >= 0.6 is 11.3 Å². The van der Waals surface area contributed by atoms with E-state index < -0.39 is 5.91 Å². The first-order valence-corrected chi connectivity index (χ1v) is 5.86. The van der Waals surface area contributed by atoms with E-state index in [0.717, 1.165) is 5.69 Å². The van der Waals surface area contributed by atoms with Gasteiger partial charge in [-0.15, -0.1) is 11.3 Å². The van der Waals surface area contributed by atoms with E-state index in [1.165, 1.54) is 4.88 Å². The second kappa shape index (κ2) is 4.45. The number of aromatic nitrogens is 1. The number of thiophene rings is 1. The molecule has 2 rings (SSSR count). The SMILES string of the molecule is CC(c1cccs1)c1ncccc1C(N)=O. The first-order valence-electron chi connectivity index (χ1n) is 4.98. The van der Waals surface area contributed by atoms with E-state index in [-0.39, 0.29) is 5.92 Å². The predicted octanol–water partition coefficient (Wildman–Crippen LogP) is 2.39. The lowest BCUT2D eigenvalue weighted by Crippen LogP contribution is -2.16. The molecule has 0 fully saturated rings. The first-order chi connectivity index (χ1) is 7.70. The lowest BCUT2D eigenvalue weighted by atomic mass is 10.00. The average Bonchev–Trinajstić information content (AvgIpc) is 2.81. The highest BCUT2D eigenvalue weighted by atomic mass is 32.1. The number of hydrogen-bond acceptors (Lipinski definition) is 3. The fourth-order valence-corrected chi connectivity index (χ4v) is 2.43. The van der Waals surface area contributed by atoms with Gasteiger partial charge in [0.25, 0.3) is 5.91 Å². The van der Waals surface area contributed by atoms with Crippen LogP contribution in [0.3, 0.4) is 0 Å². The summed E-state index contributed by atoms with van der Waals surface area (Å²) in [5, 5.41) is 2.01. The molecule has 0 aliphatic heterocycles. The van der Waals surface area contributed by atoms with Crippen molar-refractivity contribution in [1.82, 2.24) is 4.98 Å². The average molecular weight is 232 g/mol. The number of pyridine rings is 1. The van der Waals surface area contributed by atoms with Gasteiger partial charge in [-0.1, -0.05) is 13.0 Å². The Morgan fingerprint density at radius 2 is 2.25 bits per heavy atom. The smallest absolute Gasteiger partial charge is 0.250 e. The number of primary amides is 1. The predicted molar refractivity (Wildman–Crippen MR) is 64.6 cm³/mol. The zero-order valence-electron chi connectivity index (χ0n) is 8.88. The van der Waals surface area contributed by atoms with Crippen LogP contribution in [0.4, 0.5) is 0 Å². The van der Waals surface area contributed by atoms with Gasteiger partial charge in [0.05, 0.1) is 11.3 Å². The third-order valence-electron chi connectivity index (χ3n) is 2.48. The second-order valence-electron chi connectivity index (χ2n) is 3.54. The van der Waals surface area contributed by atoms with Crippen LogP contribution in [-0.4, -0.2) is 10.9 Å². The third-order valence-corrected chi connectivity index (χ3v) is 3.54. The molecule has 0 radical (unpaired) electrons. The lowest BCUT2D eigenvalue weighted by molar-refractivity contribution is 0.0998. The second-order valence-corrected chi connectivity index (χ2v) is 4.52. The zero-order chi connectivity index (χ0) is 11.5. The molecular formula is C12H12N2OS. The molecule has 4 heteroatoms. The molecule has 0 spiro atoms. The van der Waals surface area contributed by atoms with Gasteiger partial charge in [0, 0.05) is 17.0 Å². The van der Waals surface area contributed by atoms with Gasteiger partial charge in [-0.05, 0) is 23.6 Å². The molecule has 1 unspecified atom stereocenters. The molecule has 1 atom stereocenters. The summed E-state index contributed by atoms with van der Waals surface area (Å²) in [5.41, 5.74) is 6.58. The summed E-state index contributed by atoms with van der Waals surface area (Å²) in [7, 11) is 0. The summed E-state index contributed by atoms with van der Waals surface area (Å²) in [4.78, 5) is 16.7. The quantitative estimate of drug-likeness (QED) is 0.883. The molecule has 82 valence electrons. The molecular weight excluding hydrogens is 220 g/mol. The van der Waals surface area contributed by atoms with Crippen molar-refractivity contribution in [3.63, 3.8) is 0 Å². The molecule has 0 bridgehead atoms. The molecule has 2 heterocycles. The Balaban J connectivity index is 2.44.